The predicted octanol–water partition coefficient (Wildman–Crippen LogP) is 2.37. The van der Waals surface area contributed by atoms with Crippen molar-refractivity contribution in [1.29, 1.82) is 0 Å². The van der Waals surface area contributed by atoms with Crippen molar-refractivity contribution in [3.05, 3.63) is 23.9 Å². The molecule has 1 aromatic heterocycles. The molecule has 0 unspecified atom stereocenters. The average Bonchev–Trinajstić information content (AvgIpc) is 2.40. The second-order valence-electron chi connectivity index (χ2n) is 4.11. The number of anilines is 1. The zero-order valence-corrected chi connectivity index (χ0v) is 11.8. The molecule has 0 bridgehead atoms. The Hall–Kier alpha value is -1.13. The van der Waals surface area contributed by atoms with Crippen molar-refractivity contribution in [2.24, 2.45) is 0 Å². The third-order valence-corrected chi connectivity index (χ3v) is 2.83. The van der Waals surface area contributed by atoms with Gasteiger partial charge < -0.3 is 10.1 Å². The summed E-state index contributed by atoms with van der Waals surface area (Å²) in [7, 11) is 0. The number of nitrogens with one attached hydrogen (secondary N) is 1. The summed E-state index contributed by atoms with van der Waals surface area (Å²) in [5.41, 5.74) is 1.25. The highest BCUT2D eigenvalue weighted by Gasteiger charge is 2.07. The third kappa shape index (κ3) is 5.02. The Morgan fingerprint density at radius 1 is 1.33 bits per heavy atom. The third-order valence-electron chi connectivity index (χ3n) is 2.83. The van der Waals surface area contributed by atoms with Crippen LogP contribution in [-0.4, -0.2) is 42.7 Å². The molecule has 18 heavy (non-hydrogen) atoms. The molecular formula is C14H25N3O. The van der Waals surface area contributed by atoms with Crippen LogP contribution in [0.4, 0.5) is 5.82 Å². The van der Waals surface area contributed by atoms with Gasteiger partial charge in [-0.3, -0.25) is 4.90 Å². The van der Waals surface area contributed by atoms with Crippen LogP contribution < -0.4 is 5.32 Å². The zero-order valence-electron chi connectivity index (χ0n) is 11.8. The highest BCUT2D eigenvalue weighted by molar-refractivity contribution is 5.43. The SMILES string of the molecule is CCNc1ncccc1CN(CC)CCOCC. The van der Waals surface area contributed by atoms with E-state index >= 15 is 0 Å². The second kappa shape index (κ2) is 8.89. The van der Waals surface area contributed by atoms with Crippen LogP contribution >= 0.6 is 0 Å². The number of nitrogens with zero attached hydrogens (tertiary/aromatic N) is 2. The van der Waals surface area contributed by atoms with Crippen LogP contribution in [0.2, 0.25) is 0 Å². The van der Waals surface area contributed by atoms with Crippen molar-refractivity contribution >= 4 is 5.82 Å². The van der Waals surface area contributed by atoms with Crippen LogP contribution in [0.25, 0.3) is 0 Å². The fraction of sp³-hybridized carbons (Fsp3) is 0.643. The molecule has 1 N–H and O–H groups in total. The van der Waals surface area contributed by atoms with E-state index in [9.17, 15) is 0 Å². The first kappa shape index (κ1) is 14.9. The lowest BCUT2D eigenvalue weighted by Gasteiger charge is -2.21. The fourth-order valence-electron chi connectivity index (χ4n) is 1.82. The Bertz CT molecular complexity index is 331. The number of hydrogen-bond acceptors (Lipinski definition) is 4. The minimum Gasteiger partial charge on any atom is -0.380 e. The Labute approximate surface area is 110 Å². The summed E-state index contributed by atoms with van der Waals surface area (Å²) in [6.45, 7) is 11.7. The molecule has 0 radical (unpaired) electrons. The molecule has 1 heterocycles. The van der Waals surface area contributed by atoms with Gasteiger partial charge in [0.2, 0.25) is 0 Å². The van der Waals surface area contributed by atoms with Crippen LogP contribution in [0, 0.1) is 0 Å². The number of ether oxygens (including phenoxy) is 1. The predicted molar refractivity (Wildman–Crippen MR) is 75.8 cm³/mol. The van der Waals surface area contributed by atoms with E-state index in [-0.39, 0.29) is 0 Å². The molecule has 4 heteroatoms. The molecular weight excluding hydrogens is 226 g/mol. The lowest BCUT2D eigenvalue weighted by Crippen LogP contribution is -2.27. The molecule has 0 amide bonds. The summed E-state index contributed by atoms with van der Waals surface area (Å²) < 4.78 is 5.41. The van der Waals surface area contributed by atoms with Gasteiger partial charge in [-0.1, -0.05) is 13.0 Å². The van der Waals surface area contributed by atoms with Gasteiger partial charge in [0.1, 0.15) is 5.82 Å². The number of likely N-dealkylation sites (N-methyl/N-ethyl adjacent to an activating group) is 1. The fourth-order valence-corrected chi connectivity index (χ4v) is 1.82. The summed E-state index contributed by atoms with van der Waals surface area (Å²) in [4.78, 5) is 6.75. The smallest absolute Gasteiger partial charge is 0.130 e. The van der Waals surface area contributed by atoms with Crippen molar-refractivity contribution in [2.75, 3.05) is 38.2 Å². The van der Waals surface area contributed by atoms with Gasteiger partial charge in [0, 0.05) is 38.0 Å². The maximum atomic E-state index is 5.41. The maximum absolute atomic E-state index is 5.41. The first-order valence-electron chi connectivity index (χ1n) is 6.79. The lowest BCUT2D eigenvalue weighted by molar-refractivity contribution is 0.113. The molecule has 0 aliphatic carbocycles. The van der Waals surface area contributed by atoms with Crippen molar-refractivity contribution in [3.63, 3.8) is 0 Å². The maximum Gasteiger partial charge on any atom is 0.130 e. The van der Waals surface area contributed by atoms with Gasteiger partial charge in [-0.05, 0) is 26.5 Å². The van der Waals surface area contributed by atoms with Crippen molar-refractivity contribution in [1.82, 2.24) is 9.88 Å². The van der Waals surface area contributed by atoms with E-state index in [1.807, 2.05) is 19.2 Å². The highest BCUT2D eigenvalue weighted by Crippen LogP contribution is 2.13. The number of rotatable bonds is 9. The number of hydrogen-bond donors (Lipinski definition) is 1. The highest BCUT2D eigenvalue weighted by atomic mass is 16.5. The van der Waals surface area contributed by atoms with Crippen LogP contribution in [-0.2, 0) is 11.3 Å². The molecule has 1 aromatic rings. The Kier molecular flexibility index (Phi) is 7.37. The average molecular weight is 251 g/mol. The monoisotopic (exact) mass is 251 g/mol. The number of pyridine rings is 1. The van der Waals surface area contributed by atoms with Crippen molar-refractivity contribution < 1.29 is 4.74 Å². The van der Waals surface area contributed by atoms with E-state index in [0.717, 1.165) is 45.2 Å². The van der Waals surface area contributed by atoms with Gasteiger partial charge in [0.15, 0.2) is 0 Å². The molecule has 0 fully saturated rings. The van der Waals surface area contributed by atoms with Gasteiger partial charge in [-0.15, -0.1) is 0 Å². The molecule has 1 rings (SSSR count). The second-order valence-corrected chi connectivity index (χ2v) is 4.11. The van der Waals surface area contributed by atoms with Gasteiger partial charge >= 0.3 is 0 Å². The van der Waals surface area contributed by atoms with Crippen molar-refractivity contribution in [3.8, 4) is 0 Å². The summed E-state index contributed by atoms with van der Waals surface area (Å²) in [5.74, 6) is 0.995. The standard InChI is InChI=1S/C14H25N3O/c1-4-15-14-13(8-7-9-16-14)12-17(5-2)10-11-18-6-3/h7-9H,4-6,10-12H2,1-3H3,(H,15,16). The van der Waals surface area contributed by atoms with E-state index < -0.39 is 0 Å². The van der Waals surface area contributed by atoms with E-state index in [0.29, 0.717) is 0 Å². The number of aromatic nitrogens is 1. The Morgan fingerprint density at radius 3 is 2.83 bits per heavy atom. The van der Waals surface area contributed by atoms with E-state index in [1.165, 1.54) is 5.56 Å². The molecule has 4 nitrogen and oxygen atoms in total. The van der Waals surface area contributed by atoms with E-state index in [4.69, 9.17) is 4.74 Å². The van der Waals surface area contributed by atoms with Gasteiger partial charge in [0.05, 0.1) is 6.61 Å². The molecule has 0 aliphatic heterocycles. The molecule has 0 saturated carbocycles. The zero-order chi connectivity index (χ0) is 13.2. The largest absolute Gasteiger partial charge is 0.380 e. The summed E-state index contributed by atoms with van der Waals surface area (Å²) in [6.07, 6.45) is 1.83. The summed E-state index contributed by atoms with van der Waals surface area (Å²) in [5, 5.41) is 3.30. The van der Waals surface area contributed by atoms with Crippen LogP contribution in [0.3, 0.4) is 0 Å². The van der Waals surface area contributed by atoms with E-state index in [1.54, 1.807) is 0 Å². The lowest BCUT2D eigenvalue weighted by atomic mass is 10.2. The first-order valence-corrected chi connectivity index (χ1v) is 6.79. The summed E-state index contributed by atoms with van der Waals surface area (Å²) in [6, 6.07) is 4.13. The van der Waals surface area contributed by atoms with Gasteiger partial charge in [-0.25, -0.2) is 4.98 Å². The van der Waals surface area contributed by atoms with Crippen molar-refractivity contribution in [2.45, 2.75) is 27.3 Å². The molecule has 0 atom stereocenters. The topological polar surface area (TPSA) is 37.4 Å². The molecule has 0 aromatic carbocycles. The Morgan fingerprint density at radius 2 is 2.17 bits per heavy atom. The normalized spacial score (nSPS) is 10.9. The van der Waals surface area contributed by atoms with Crippen LogP contribution in [0.5, 0.6) is 0 Å². The molecule has 0 aliphatic rings. The van der Waals surface area contributed by atoms with E-state index in [2.05, 4.69) is 35.1 Å². The van der Waals surface area contributed by atoms with Crippen LogP contribution in [0.15, 0.2) is 18.3 Å². The van der Waals surface area contributed by atoms with Gasteiger partial charge in [0.25, 0.3) is 0 Å². The molecule has 0 saturated heterocycles. The minimum atomic E-state index is 0.785. The molecule has 102 valence electrons. The summed E-state index contributed by atoms with van der Waals surface area (Å²) >= 11 is 0. The first-order chi connectivity index (χ1) is 8.81. The van der Waals surface area contributed by atoms with Gasteiger partial charge in [-0.2, -0.15) is 0 Å². The quantitative estimate of drug-likeness (QED) is 0.684. The minimum absolute atomic E-state index is 0.785. The molecule has 0 spiro atoms. The van der Waals surface area contributed by atoms with Crippen LogP contribution in [0.1, 0.15) is 26.3 Å². The Balaban J connectivity index is 2.57.